The summed E-state index contributed by atoms with van der Waals surface area (Å²) in [4.78, 5) is 4.00. The summed E-state index contributed by atoms with van der Waals surface area (Å²) in [5.41, 5.74) is 7.28. The molecule has 2 heterocycles. The van der Waals surface area contributed by atoms with Crippen LogP contribution in [0.15, 0.2) is 24.5 Å². The van der Waals surface area contributed by atoms with Gasteiger partial charge in [-0.3, -0.25) is 4.98 Å². The van der Waals surface area contributed by atoms with Crippen LogP contribution in [-0.4, -0.2) is 17.6 Å². The Morgan fingerprint density at radius 2 is 2.15 bits per heavy atom. The number of rotatable bonds is 1. The number of hydrogen-bond acceptors (Lipinski definition) is 3. The van der Waals surface area contributed by atoms with Gasteiger partial charge in [-0.05, 0) is 37.1 Å². The molecule has 3 nitrogen and oxygen atoms in total. The van der Waals surface area contributed by atoms with Crippen molar-refractivity contribution >= 4 is 0 Å². The zero-order valence-electron chi connectivity index (χ0n) is 7.61. The normalized spacial score (nSPS) is 28.7. The second-order valence-electron chi connectivity index (χ2n) is 3.52. The zero-order valence-corrected chi connectivity index (χ0v) is 7.61. The minimum absolute atomic E-state index is 0.246. The number of hydrogen-bond donors (Lipinski definition) is 2. The van der Waals surface area contributed by atoms with Crippen LogP contribution in [0, 0.1) is 0 Å². The molecule has 1 fully saturated rings. The predicted molar refractivity (Wildman–Crippen MR) is 52.2 cm³/mol. The Bertz CT molecular complexity index is 260. The Balaban J connectivity index is 2.15. The molecular weight excluding hydrogens is 162 g/mol. The molecule has 70 valence electrons. The van der Waals surface area contributed by atoms with Gasteiger partial charge in [-0.1, -0.05) is 0 Å². The van der Waals surface area contributed by atoms with Crippen LogP contribution in [0.25, 0.3) is 0 Å². The van der Waals surface area contributed by atoms with Gasteiger partial charge in [0.05, 0.1) is 0 Å². The number of piperidine rings is 1. The van der Waals surface area contributed by atoms with E-state index in [1.165, 1.54) is 12.0 Å². The van der Waals surface area contributed by atoms with E-state index in [-0.39, 0.29) is 6.04 Å². The smallest absolute Gasteiger partial charge is 0.0474 e. The Kier molecular flexibility index (Phi) is 2.57. The van der Waals surface area contributed by atoms with E-state index in [9.17, 15) is 0 Å². The molecule has 0 bridgehead atoms. The van der Waals surface area contributed by atoms with E-state index in [1.54, 1.807) is 0 Å². The van der Waals surface area contributed by atoms with Crippen LogP contribution in [0.2, 0.25) is 0 Å². The van der Waals surface area contributed by atoms with Gasteiger partial charge in [0.1, 0.15) is 0 Å². The first-order chi connectivity index (χ1) is 6.38. The molecule has 2 atom stereocenters. The van der Waals surface area contributed by atoms with E-state index >= 15 is 0 Å². The average Bonchev–Trinajstić information content (AvgIpc) is 2.20. The lowest BCUT2D eigenvalue weighted by Crippen LogP contribution is -2.42. The summed E-state index contributed by atoms with van der Waals surface area (Å²) < 4.78 is 0. The third-order valence-electron chi connectivity index (χ3n) is 2.57. The highest BCUT2D eigenvalue weighted by molar-refractivity contribution is 5.17. The Labute approximate surface area is 78.4 Å². The summed E-state index contributed by atoms with van der Waals surface area (Å²) in [6.45, 7) is 1.07. The van der Waals surface area contributed by atoms with Crippen molar-refractivity contribution in [2.24, 2.45) is 5.73 Å². The maximum atomic E-state index is 6.03. The van der Waals surface area contributed by atoms with E-state index in [4.69, 9.17) is 5.73 Å². The molecule has 2 unspecified atom stereocenters. The Hall–Kier alpha value is -0.930. The maximum Gasteiger partial charge on any atom is 0.0474 e. The molecule has 0 saturated carbocycles. The van der Waals surface area contributed by atoms with Crippen molar-refractivity contribution in [2.75, 3.05) is 6.54 Å². The van der Waals surface area contributed by atoms with Crippen molar-refractivity contribution in [1.29, 1.82) is 0 Å². The third-order valence-corrected chi connectivity index (χ3v) is 2.57. The fourth-order valence-corrected chi connectivity index (χ4v) is 1.85. The summed E-state index contributed by atoms with van der Waals surface area (Å²) in [7, 11) is 0. The number of nitrogens with two attached hydrogens (primary N) is 1. The van der Waals surface area contributed by atoms with Crippen LogP contribution in [0.5, 0.6) is 0 Å². The van der Waals surface area contributed by atoms with Gasteiger partial charge in [0, 0.05) is 24.5 Å². The molecule has 0 spiro atoms. The second-order valence-corrected chi connectivity index (χ2v) is 3.52. The second kappa shape index (κ2) is 3.85. The first-order valence-corrected chi connectivity index (χ1v) is 4.77. The fourth-order valence-electron chi connectivity index (χ4n) is 1.85. The minimum Gasteiger partial charge on any atom is -0.326 e. The van der Waals surface area contributed by atoms with Gasteiger partial charge in [0.2, 0.25) is 0 Å². The largest absolute Gasteiger partial charge is 0.326 e. The van der Waals surface area contributed by atoms with E-state index < -0.39 is 0 Å². The molecule has 0 aromatic carbocycles. The lowest BCUT2D eigenvalue weighted by atomic mass is 9.94. The quantitative estimate of drug-likeness (QED) is 0.668. The lowest BCUT2D eigenvalue weighted by Gasteiger charge is -2.30. The van der Waals surface area contributed by atoms with Crippen LogP contribution in [0.3, 0.4) is 0 Å². The molecule has 0 radical (unpaired) electrons. The average molecular weight is 177 g/mol. The topological polar surface area (TPSA) is 50.9 Å². The van der Waals surface area contributed by atoms with Gasteiger partial charge in [0.15, 0.2) is 0 Å². The van der Waals surface area contributed by atoms with Crippen molar-refractivity contribution in [3.8, 4) is 0 Å². The third kappa shape index (κ3) is 1.87. The SMILES string of the molecule is NC1CCCNC1c1ccncc1. The van der Waals surface area contributed by atoms with Gasteiger partial charge in [-0.25, -0.2) is 0 Å². The van der Waals surface area contributed by atoms with Gasteiger partial charge < -0.3 is 11.1 Å². The van der Waals surface area contributed by atoms with Gasteiger partial charge in [-0.15, -0.1) is 0 Å². The summed E-state index contributed by atoms with van der Waals surface area (Å²) in [5, 5.41) is 3.43. The minimum atomic E-state index is 0.246. The molecule has 13 heavy (non-hydrogen) atoms. The van der Waals surface area contributed by atoms with Crippen molar-refractivity contribution in [1.82, 2.24) is 10.3 Å². The van der Waals surface area contributed by atoms with Crippen LogP contribution < -0.4 is 11.1 Å². The van der Waals surface area contributed by atoms with E-state index in [0.29, 0.717) is 6.04 Å². The van der Waals surface area contributed by atoms with Crippen LogP contribution >= 0.6 is 0 Å². The fraction of sp³-hybridized carbons (Fsp3) is 0.500. The molecule has 0 amide bonds. The summed E-state index contributed by atoms with van der Waals surface area (Å²) in [5.74, 6) is 0. The van der Waals surface area contributed by atoms with Crippen molar-refractivity contribution in [2.45, 2.75) is 24.9 Å². The molecule has 3 N–H and O–H groups in total. The van der Waals surface area contributed by atoms with Crippen LogP contribution in [0.4, 0.5) is 0 Å². The van der Waals surface area contributed by atoms with Crippen LogP contribution in [0.1, 0.15) is 24.4 Å². The first-order valence-electron chi connectivity index (χ1n) is 4.77. The molecule has 1 aromatic heterocycles. The van der Waals surface area contributed by atoms with E-state index in [2.05, 4.69) is 10.3 Å². The van der Waals surface area contributed by atoms with Gasteiger partial charge in [-0.2, -0.15) is 0 Å². The number of nitrogens with zero attached hydrogens (tertiary/aromatic N) is 1. The Morgan fingerprint density at radius 1 is 1.38 bits per heavy atom. The number of aromatic nitrogens is 1. The molecule has 1 saturated heterocycles. The van der Waals surface area contributed by atoms with Gasteiger partial charge in [0.25, 0.3) is 0 Å². The standard InChI is InChI=1S/C10H15N3/c11-9-2-1-5-13-10(9)8-3-6-12-7-4-8/h3-4,6-7,9-10,13H,1-2,5,11H2. The monoisotopic (exact) mass is 177 g/mol. The van der Waals surface area contributed by atoms with Crippen molar-refractivity contribution in [3.63, 3.8) is 0 Å². The first kappa shape index (κ1) is 8.66. The summed E-state index contributed by atoms with van der Waals surface area (Å²) in [6.07, 6.45) is 5.93. The molecule has 1 aliphatic rings. The highest BCUT2D eigenvalue weighted by atomic mass is 15.0. The maximum absolute atomic E-state index is 6.03. The van der Waals surface area contributed by atoms with Crippen LogP contribution in [-0.2, 0) is 0 Å². The zero-order chi connectivity index (χ0) is 9.10. The molecule has 1 aliphatic heterocycles. The molecule has 0 aliphatic carbocycles. The number of pyridine rings is 1. The number of nitrogens with one attached hydrogen (secondary N) is 1. The lowest BCUT2D eigenvalue weighted by molar-refractivity contribution is 0.358. The van der Waals surface area contributed by atoms with E-state index in [0.717, 1.165) is 13.0 Å². The Morgan fingerprint density at radius 3 is 2.85 bits per heavy atom. The molecule has 3 heteroatoms. The summed E-state index contributed by atoms with van der Waals surface area (Å²) >= 11 is 0. The summed E-state index contributed by atoms with van der Waals surface area (Å²) in [6, 6.07) is 4.62. The molecular formula is C10H15N3. The predicted octanol–water partition coefficient (Wildman–Crippen LogP) is 0.833. The van der Waals surface area contributed by atoms with Crippen molar-refractivity contribution < 1.29 is 0 Å². The van der Waals surface area contributed by atoms with Crippen molar-refractivity contribution in [3.05, 3.63) is 30.1 Å². The van der Waals surface area contributed by atoms with Gasteiger partial charge >= 0.3 is 0 Å². The molecule has 1 aromatic rings. The highest BCUT2D eigenvalue weighted by Gasteiger charge is 2.22. The molecule has 2 rings (SSSR count). The highest BCUT2D eigenvalue weighted by Crippen LogP contribution is 2.20. The van der Waals surface area contributed by atoms with E-state index in [1.807, 2.05) is 24.5 Å².